The van der Waals surface area contributed by atoms with Crippen LogP contribution in [0.25, 0.3) is 0 Å². The van der Waals surface area contributed by atoms with E-state index < -0.39 is 5.97 Å². The van der Waals surface area contributed by atoms with Gasteiger partial charge in [-0.1, -0.05) is 13.8 Å². The van der Waals surface area contributed by atoms with Gasteiger partial charge in [-0.3, -0.25) is 0 Å². The van der Waals surface area contributed by atoms with E-state index in [1.807, 2.05) is 0 Å². The van der Waals surface area contributed by atoms with Crippen LogP contribution in [0.3, 0.4) is 0 Å². The number of hydrogen-bond acceptors (Lipinski definition) is 3. The minimum Gasteiger partial charge on any atom is -0.478 e. The van der Waals surface area contributed by atoms with Crippen LogP contribution in [-0.2, 0) is 14.3 Å². The number of carbonyl (C=O) groups is 1. The molecule has 0 bridgehead atoms. The lowest BCUT2D eigenvalue weighted by molar-refractivity contribution is -0.133. The van der Waals surface area contributed by atoms with Gasteiger partial charge in [-0.2, -0.15) is 0 Å². The van der Waals surface area contributed by atoms with Crippen molar-refractivity contribution in [2.24, 2.45) is 0 Å². The lowest BCUT2D eigenvalue weighted by Gasteiger charge is -2.22. The van der Waals surface area contributed by atoms with Gasteiger partial charge in [0.2, 0.25) is 0 Å². The van der Waals surface area contributed by atoms with Gasteiger partial charge in [0.25, 0.3) is 0 Å². The van der Waals surface area contributed by atoms with Crippen molar-refractivity contribution in [3.8, 4) is 0 Å². The topological polar surface area (TPSA) is 59.1 Å². The third-order valence-corrected chi connectivity index (χ3v) is 3.27. The van der Waals surface area contributed by atoms with Crippen LogP contribution in [-0.4, -0.2) is 35.5 Å². The summed E-state index contributed by atoms with van der Waals surface area (Å²) in [7, 11) is 0. The molecule has 1 N–H and O–H groups in total. The van der Waals surface area contributed by atoms with Crippen LogP contribution in [0.4, 0.5) is 0 Å². The molecule has 0 spiro atoms. The molecule has 1 fully saturated rings. The molecule has 16 heavy (non-hydrogen) atoms. The summed E-state index contributed by atoms with van der Waals surface area (Å²) in [6, 6.07) is 0. The van der Waals surface area contributed by atoms with Crippen molar-refractivity contribution in [1.29, 1.82) is 0 Å². The third-order valence-electron chi connectivity index (χ3n) is 3.27. The largest absolute Gasteiger partial charge is 0.478 e. The van der Waals surface area contributed by atoms with Crippen molar-refractivity contribution in [1.82, 2.24) is 0 Å². The Kier molecular flexibility index (Phi) is 3.30. The molecule has 0 radical (unpaired) electrons. The van der Waals surface area contributed by atoms with Crippen LogP contribution in [0.15, 0.2) is 11.6 Å². The van der Waals surface area contributed by atoms with Gasteiger partial charge in [0.1, 0.15) is 12.2 Å². The molecule has 2 rings (SSSR count). The van der Waals surface area contributed by atoms with Crippen LogP contribution < -0.4 is 0 Å². The summed E-state index contributed by atoms with van der Waals surface area (Å²) in [5.74, 6) is -0.855. The summed E-state index contributed by atoms with van der Waals surface area (Å²) in [5, 5.41) is 8.96. The van der Waals surface area contributed by atoms with Gasteiger partial charge >= 0.3 is 5.97 Å². The van der Waals surface area contributed by atoms with Gasteiger partial charge in [-0.15, -0.1) is 0 Å². The predicted molar refractivity (Wildman–Crippen MR) is 58.2 cm³/mol. The van der Waals surface area contributed by atoms with Crippen molar-refractivity contribution in [3.05, 3.63) is 11.6 Å². The number of hydrogen-bond donors (Lipinski definition) is 1. The SMILES string of the molecule is CCC(CC)O[C@@H]1C=C(C(=O)O)C[C@@H]2O[C@H]21. The highest BCUT2D eigenvalue weighted by Crippen LogP contribution is 2.38. The fraction of sp³-hybridized carbons (Fsp3) is 0.750. The highest BCUT2D eigenvalue weighted by atomic mass is 16.6. The fourth-order valence-electron chi connectivity index (χ4n) is 2.17. The second-order valence-corrected chi connectivity index (χ2v) is 4.38. The molecular formula is C12H18O4. The molecule has 0 aromatic rings. The summed E-state index contributed by atoms with van der Waals surface area (Å²) >= 11 is 0. The standard InChI is InChI=1S/C12H18O4/c1-3-8(4-2)15-9-5-7(12(13)14)6-10-11(9)16-10/h5,8-11H,3-4,6H2,1-2H3,(H,13,14)/t9-,10+,11+/m1/s1. The Morgan fingerprint density at radius 1 is 1.62 bits per heavy atom. The van der Waals surface area contributed by atoms with E-state index in [9.17, 15) is 4.79 Å². The molecule has 0 saturated carbocycles. The van der Waals surface area contributed by atoms with Crippen LogP contribution in [0.1, 0.15) is 33.1 Å². The number of epoxide rings is 1. The molecular weight excluding hydrogens is 208 g/mol. The molecule has 1 heterocycles. The average Bonchev–Trinajstić information content (AvgIpc) is 3.04. The van der Waals surface area contributed by atoms with Gasteiger partial charge in [0.05, 0.1) is 12.2 Å². The minimum atomic E-state index is -0.855. The number of carboxylic acid groups (broad SMARTS) is 1. The molecule has 1 aliphatic heterocycles. The molecule has 0 unspecified atom stereocenters. The summed E-state index contributed by atoms with van der Waals surface area (Å²) in [4.78, 5) is 10.9. The lowest BCUT2D eigenvalue weighted by Crippen LogP contribution is -2.29. The first kappa shape index (κ1) is 11.6. The van der Waals surface area contributed by atoms with Crippen LogP contribution >= 0.6 is 0 Å². The Hall–Kier alpha value is -0.870. The van der Waals surface area contributed by atoms with E-state index in [0.717, 1.165) is 12.8 Å². The summed E-state index contributed by atoms with van der Waals surface area (Å²) in [5.41, 5.74) is 0.426. The molecule has 3 atom stereocenters. The van der Waals surface area contributed by atoms with Crippen molar-refractivity contribution in [3.63, 3.8) is 0 Å². The maximum atomic E-state index is 10.9. The Morgan fingerprint density at radius 2 is 2.31 bits per heavy atom. The molecule has 1 saturated heterocycles. The normalized spacial score (nSPS) is 32.2. The van der Waals surface area contributed by atoms with E-state index in [2.05, 4.69) is 13.8 Å². The molecule has 0 aromatic heterocycles. The monoisotopic (exact) mass is 226 g/mol. The van der Waals surface area contributed by atoms with E-state index in [-0.39, 0.29) is 24.4 Å². The number of fused-ring (bicyclic) bond motifs is 1. The van der Waals surface area contributed by atoms with Crippen molar-refractivity contribution < 1.29 is 19.4 Å². The first-order valence-electron chi connectivity index (χ1n) is 5.90. The fourth-order valence-corrected chi connectivity index (χ4v) is 2.17. The van der Waals surface area contributed by atoms with Crippen LogP contribution in [0.2, 0.25) is 0 Å². The summed E-state index contributed by atoms with van der Waals surface area (Å²) < 4.78 is 11.3. The Morgan fingerprint density at radius 3 is 2.88 bits per heavy atom. The molecule has 1 aliphatic carbocycles. The second kappa shape index (κ2) is 4.55. The second-order valence-electron chi connectivity index (χ2n) is 4.38. The molecule has 4 heteroatoms. The van der Waals surface area contributed by atoms with E-state index in [1.54, 1.807) is 6.08 Å². The van der Waals surface area contributed by atoms with Gasteiger partial charge in [0, 0.05) is 12.0 Å². The number of carboxylic acids is 1. The maximum absolute atomic E-state index is 10.9. The van der Waals surface area contributed by atoms with E-state index in [1.165, 1.54) is 0 Å². The average molecular weight is 226 g/mol. The van der Waals surface area contributed by atoms with Gasteiger partial charge in [-0.25, -0.2) is 4.79 Å². The van der Waals surface area contributed by atoms with E-state index in [4.69, 9.17) is 14.6 Å². The predicted octanol–water partition coefficient (Wildman–Crippen LogP) is 1.74. The summed E-state index contributed by atoms with van der Waals surface area (Å²) in [6.07, 6.45) is 4.30. The molecule has 90 valence electrons. The molecule has 4 nitrogen and oxygen atoms in total. The smallest absolute Gasteiger partial charge is 0.331 e. The number of rotatable bonds is 5. The van der Waals surface area contributed by atoms with Gasteiger partial charge in [-0.05, 0) is 18.9 Å². The van der Waals surface area contributed by atoms with Gasteiger partial charge in [0.15, 0.2) is 0 Å². The van der Waals surface area contributed by atoms with Crippen molar-refractivity contribution in [2.75, 3.05) is 0 Å². The Labute approximate surface area is 95.2 Å². The van der Waals surface area contributed by atoms with Crippen LogP contribution in [0.5, 0.6) is 0 Å². The van der Waals surface area contributed by atoms with E-state index in [0.29, 0.717) is 12.0 Å². The zero-order valence-electron chi connectivity index (χ0n) is 9.68. The number of aliphatic carboxylic acids is 1. The Bertz CT molecular complexity index is 306. The zero-order valence-corrected chi connectivity index (χ0v) is 9.68. The van der Waals surface area contributed by atoms with Crippen molar-refractivity contribution in [2.45, 2.75) is 57.5 Å². The van der Waals surface area contributed by atoms with Crippen molar-refractivity contribution >= 4 is 5.97 Å². The van der Waals surface area contributed by atoms with Gasteiger partial charge < -0.3 is 14.6 Å². The molecule has 0 aromatic carbocycles. The zero-order chi connectivity index (χ0) is 11.7. The third kappa shape index (κ3) is 2.28. The maximum Gasteiger partial charge on any atom is 0.331 e. The Balaban J connectivity index is 2.02. The van der Waals surface area contributed by atoms with Crippen LogP contribution in [0, 0.1) is 0 Å². The highest BCUT2D eigenvalue weighted by molar-refractivity contribution is 5.87. The summed E-state index contributed by atoms with van der Waals surface area (Å²) in [6.45, 7) is 4.15. The first-order chi connectivity index (χ1) is 7.65. The lowest BCUT2D eigenvalue weighted by atomic mass is 9.97. The molecule has 0 amide bonds. The quantitative estimate of drug-likeness (QED) is 0.725. The minimum absolute atomic E-state index is 0.0652. The molecule has 2 aliphatic rings. The van der Waals surface area contributed by atoms with E-state index >= 15 is 0 Å². The highest BCUT2D eigenvalue weighted by Gasteiger charge is 2.49. The first-order valence-corrected chi connectivity index (χ1v) is 5.90. The number of ether oxygens (including phenoxy) is 2.